The molecule has 0 radical (unpaired) electrons. The molecule has 0 spiro atoms. The number of carbonyl (C=O) groups is 1. The smallest absolute Gasteiger partial charge is 0.324 e. The van der Waals surface area contributed by atoms with Crippen molar-refractivity contribution in [1.82, 2.24) is 19.9 Å². The Labute approximate surface area is 200 Å². The minimum absolute atomic E-state index is 0.0703. The number of piperazine rings is 1. The number of carbonyl (C=O) groups excluding carboxylic acids is 1. The highest BCUT2D eigenvalue weighted by Crippen LogP contribution is 2.27. The third kappa shape index (κ3) is 5.07. The van der Waals surface area contributed by atoms with Gasteiger partial charge in [-0.1, -0.05) is 35.5 Å². The molecule has 1 amide bonds. The highest BCUT2D eigenvalue weighted by atomic mass is 16.5. The first-order chi connectivity index (χ1) is 16.7. The van der Waals surface area contributed by atoms with E-state index in [2.05, 4.69) is 49.1 Å². The number of hydrogen-bond acceptors (Lipinski definition) is 7. The van der Waals surface area contributed by atoms with E-state index in [4.69, 9.17) is 9.26 Å². The summed E-state index contributed by atoms with van der Waals surface area (Å²) in [6, 6.07) is 18.6. The summed E-state index contributed by atoms with van der Waals surface area (Å²) < 4.78 is 10.7. The van der Waals surface area contributed by atoms with Crippen LogP contribution in [0, 0.1) is 5.92 Å². The van der Waals surface area contributed by atoms with Crippen molar-refractivity contribution in [3.63, 3.8) is 0 Å². The van der Waals surface area contributed by atoms with Crippen molar-refractivity contribution in [3.8, 4) is 17.1 Å². The van der Waals surface area contributed by atoms with E-state index in [1.807, 2.05) is 30.3 Å². The molecular formula is C26H31N5O3. The van der Waals surface area contributed by atoms with Gasteiger partial charge in [0.1, 0.15) is 5.75 Å². The number of methoxy groups -OCH3 is 1. The first kappa shape index (κ1) is 22.4. The van der Waals surface area contributed by atoms with Gasteiger partial charge in [-0.05, 0) is 42.7 Å². The van der Waals surface area contributed by atoms with Crippen LogP contribution in [0.3, 0.4) is 0 Å². The molecule has 0 atom stereocenters. The average molecular weight is 462 g/mol. The van der Waals surface area contributed by atoms with E-state index in [0.717, 1.165) is 70.0 Å². The SMILES string of the molecule is COc1ccc(-c2noc(N3CCC(C(=O)N4CCN(Cc5ccccc5)CC4)CC3)n2)cc1. The highest BCUT2D eigenvalue weighted by molar-refractivity contribution is 5.79. The van der Waals surface area contributed by atoms with Crippen molar-refractivity contribution in [2.45, 2.75) is 19.4 Å². The third-order valence-corrected chi connectivity index (χ3v) is 6.81. The summed E-state index contributed by atoms with van der Waals surface area (Å²) in [5, 5.41) is 4.13. The van der Waals surface area contributed by atoms with E-state index in [0.29, 0.717) is 17.7 Å². The molecule has 8 heteroatoms. The minimum Gasteiger partial charge on any atom is -0.497 e. The third-order valence-electron chi connectivity index (χ3n) is 6.81. The van der Waals surface area contributed by atoms with Gasteiger partial charge < -0.3 is 19.1 Å². The zero-order valence-electron chi connectivity index (χ0n) is 19.6. The number of ether oxygens (including phenoxy) is 1. The fourth-order valence-corrected chi connectivity index (χ4v) is 4.75. The maximum atomic E-state index is 13.1. The normalized spacial score (nSPS) is 17.7. The number of nitrogens with zero attached hydrogens (tertiary/aromatic N) is 5. The molecule has 2 aromatic carbocycles. The predicted molar refractivity (Wildman–Crippen MR) is 130 cm³/mol. The average Bonchev–Trinajstić information content (AvgIpc) is 3.40. The number of piperidine rings is 1. The van der Waals surface area contributed by atoms with E-state index in [1.54, 1.807) is 7.11 Å². The standard InChI is InChI=1S/C26H31N5O3/c1-33-23-9-7-21(8-10-23)24-27-26(34-28-24)31-13-11-22(12-14-31)25(32)30-17-15-29(16-18-30)19-20-5-3-2-4-6-20/h2-10,22H,11-19H2,1H3. The van der Waals surface area contributed by atoms with Crippen LogP contribution in [0.15, 0.2) is 59.1 Å². The van der Waals surface area contributed by atoms with Gasteiger partial charge in [0.2, 0.25) is 11.7 Å². The van der Waals surface area contributed by atoms with Crippen LogP contribution < -0.4 is 9.64 Å². The lowest BCUT2D eigenvalue weighted by molar-refractivity contribution is -0.138. The zero-order valence-corrected chi connectivity index (χ0v) is 19.6. The lowest BCUT2D eigenvalue weighted by Gasteiger charge is -2.38. The predicted octanol–water partition coefficient (Wildman–Crippen LogP) is 3.31. The van der Waals surface area contributed by atoms with E-state index in [-0.39, 0.29) is 5.92 Å². The van der Waals surface area contributed by atoms with Crippen molar-refractivity contribution in [1.29, 1.82) is 0 Å². The summed E-state index contributed by atoms with van der Waals surface area (Å²) in [5.74, 6) is 1.71. The molecule has 178 valence electrons. The van der Waals surface area contributed by atoms with Crippen molar-refractivity contribution < 1.29 is 14.1 Å². The molecular weight excluding hydrogens is 430 g/mol. The van der Waals surface area contributed by atoms with Crippen LogP contribution in [-0.4, -0.2) is 72.2 Å². The maximum Gasteiger partial charge on any atom is 0.324 e. The highest BCUT2D eigenvalue weighted by Gasteiger charge is 2.31. The fourth-order valence-electron chi connectivity index (χ4n) is 4.75. The van der Waals surface area contributed by atoms with Crippen molar-refractivity contribution >= 4 is 11.9 Å². The fraction of sp³-hybridized carbons (Fsp3) is 0.423. The lowest BCUT2D eigenvalue weighted by Crippen LogP contribution is -2.51. The van der Waals surface area contributed by atoms with Gasteiger partial charge in [-0.3, -0.25) is 9.69 Å². The summed E-state index contributed by atoms with van der Waals surface area (Å²) in [6.45, 7) is 5.90. The molecule has 3 heterocycles. The lowest BCUT2D eigenvalue weighted by atomic mass is 9.95. The molecule has 0 aliphatic carbocycles. The molecule has 1 aromatic heterocycles. The van der Waals surface area contributed by atoms with Gasteiger partial charge in [-0.2, -0.15) is 4.98 Å². The Kier molecular flexibility index (Phi) is 6.76. The van der Waals surface area contributed by atoms with E-state index >= 15 is 0 Å². The summed E-state index contributed by atoms with van der Waals surface area (Å²) >= 11 is 0. The Bertz CT molecular complexity index is 1070. The van der Waals surface area contributed by atoms with Gasteiger partial charge in [0.25, 0.3) is 0 Å². The summed E-state index contributed by atoms with van der Waals surface area (Å²) in [5.41, 5.74) is 2.21. The van der Waals surface area contributed by atoms with Gasteiger partial charge in [-0.15, -0.1) is 0 Å². The number of benzene rings is 2. The Balaban J connectivity index is 1.10. The summed E-state index contributed by atoms with van der Waals surface area (Å²) in [6.07, 6.45) is 1.62. The van der Waals surface area contributed by atoms with Crippen LogP contribution in [0.25, 0.3) is 11.4 Å². The molecule has 2 saturated heterocycles. The molecule has 34 heavy (non-hydrogen) atoms. The van der Waals surface area contributed by atoms with Gasteiger partial charge in [0, 0.05) is 57.3 Å². The Hall–Kier alpha value is -3.39. The number of aromatic nitrogens is 2. The Morgan fingerprint density at radius 1 is 0.971 bits per heavy atom. The van der Waals surface area contributed by atoms with E-state index in [9.17, 15) is 4.79 Å². The van der Waals surface area contributed by atoms with Crippen LogP contribution in [0.1, 0.15) is 18.4 Å². The molecule has 2 aliphatic heterocycles. The second kappa shape index (κ2) is 10.3. The summed E-state index contributed by atoms with van der Waals surface area (Å²) in [7, 11) is 1.64. The van der Waals surface area contributed by atoms with Crippen LogP contribution in [-0.2, 0) is 11.3 Å². The number of hydrogen-bond donors (Lipinski definition) is 0. The van der Waals surface area contributed by atoms with E-state index in [1.165, 1.54) is 5.56 Å². The van der Waals surface area contributed by atoms with Gasteiger partial charge >= 0.3 is 6.01 Å². The Morgan fingerprint density at radius 2 is 1.68 bits per heavy atom. The molecule has 2 aliphatic rings. The monoisotopic (exact) mass is 461 g/mol. The van der Waals surface area contributed by atoms with Crippen molar-refractivity contribution in [2.24, 2.45) is 5.92 Å². The molecule has 2 fully saturated rings. The van der Waals surface area contributed by atoms with Crippen molar-refractivity contribution in [2.75, 3.05) is 51.3 Å². The van der Waals surface area contributed by atoms with Gasteiger partial charge in [0.05, 0.1) is 7.11 Å². The molecule has 0 unspecified atom stereocenters. The number of amides is 1. The van der Waals surface area contributed by atoms with Gasteiger partial charge in [0.15, 0.2) is 0 Å². The quantitative estimate of drug-likeness (QED) is 0.558. The zero-order chi connectivity index (χ0) is 23.3. The van der Waals surface area contributed by atoms with Crippen LogP contribution in [0.4, 0.5) is 6.01 Å². The van der Waals surface area contributed by atoms with Crippen LogP contribution >= 0.6 is 0 Å². The Morgan fingerprint density at radius 3 is 2.35 bits per heavy atom. The molecule has 0 N–H and O–H groups in total. The molecule has 5 rings (SSSR count). The molecule has 3 aromatic rings. The number of rotatable bonds is 6. The van der Waals surface area contributed by atoms with Crippen molar-refractivity contribution in [3.05, 3.63) is 60.2 Å². The first-order valence-corrected chi connectivity index (χ1v) is 12.0. The van der Waals surface area contributed by atoms with Crippen LogP contribution in [0.2, 0.25) is 0 Å². The minimum atomic E-state index is 0.0703. The molecule has 8 nitrogen and oxygen atoms in total. The first-order valence-electron chi connectivity index (χ1n) is 12.0. The second-order valence-corrected chi connectivity index (χ2v) is 8.98. The summed E-state index contributed by atoms with van der Waals surface area (Å²) in [4.78, 5) is 24.3. The number of anilines is 1. The largest absolute Gasteiger partial charge is 0.497 e. The van der Waals surface area contributed by atoms with Crippen LogP contribution in [0.5, 0.6) is 5.75 Å². The van der Waals surface area contributed by atoms with Gasteiger partial charge in [-0.25, -0.2) is 0 Å². The van der Waals surface area contributed by atoms with E-state index < -0.39 is 0 Å². The molecule has 0 saturated carbocycles. The maximum absolute atomic E-state index is 13.1. The topological polar surface area (TPSA) is 74.9 Å². The molecule has 0 bridgehead atoms. The second-order valence-electron chi connectivity index (χ2n) is 8.98.